The van der Waals surface area contributed by atoms with Crippen molar-refractivity contribution in [2.24, 2.45) is 0 Å². The molecule has 0 fully saturated rings. The van der Waals surface area contributed by atoms with Crippen molar-refractivity contribution in [2.45, 2.75) is 19.5 Å². The molecule has 0 bridgehead atoms. The second-order valence-electron chi connectivity index (χ2n) is 4.17. The first-order valence-electron chi connectivity index (χ1n) is 5.89. The number of methoxy groups -OCH3 is 1. The van der Waals surface area contributed by atoms with E-state index in [1.807, 2.05) is 24.3 Å². The fraction of sp³-hybridized carbons (Fsp3) is 0.308. The molecule has 6 heteroatoms. The Kier molecular flexibility index (Phi) is 3.79. The molecule has 19 heavy (non-hydrogen) atoms. The summed E-state index contributed by atoms with van der Waals surface area (Å²) in [7, 11) is 1.29. The Morgan fingerprint density at radius 3 is 2.89 bits per heavy atom. The molecule has 0 aliphatic carbocycles. The summed E-state index contributed by atoms with van der Waals surface area (Å²) in [6.07, 6.45) is 1.60. The van der Waals surface area contributed by atoms with Gasteiger partial charge in [-0.05, 0) is 19.1 Å². The van der Waals surface area contributed by atoms with Crippen molar-refractivity contribution in [3.8, 4) is 0 Å². The first-order chi connectivity index (χ1) is 9.11. The van der Waals surface area contributed by atoms with Crippen molar-refractivity contribution in [1.82, 2.24) is 14.9 Å². The zero-order valence-electron chi connectivity index (χ0n) is 10.8. The molecule has 6 nitrogen and oxygen atoms in total. The van der Waals surface area contributed by atoms with Crippen molar-refractivity contribution in [3.63, 3.8) is 0 Å². The maximum Gasteiger partial charge on any atom is 0.328 e. The van der Waals surface area contributed by atoms with E-state index in [2.05, 4.69) is 15.0 Å². The molecule has 0 radical (unpaired) electrons. The van der Waals surface area contributed by atoms with Crippen LogP contribution >= 0.6 is 0 Å². The van der Waals surface area contributed by atoms with Crippen LogP contribution in [0.15, 0.2) is 30.6 Å². The molecule has 1 N–H and O–H groups in total. The predicted octanol–water partition coefficient (Wildman–Crippen LogP) is 0.714. The first kappa shape index (κ1) is 13.1. The number of nitrogens with one attached hydrogen (secondary N) is 1. The minimum Gasteiger partial charge on any atom is -0.467 e. The highest BCUT2D eigenvalue weighted by Crippen LogP contribution is 2.11. The van der Waals surface area contributed by atoms with Gasteiger partial charge in [0, 0.05) is 0 Å². The lowest BCUT2D eigenvalue weighted by molar-refractivity contribution is -0.144. The zero-order chi connectivity index (χ0) is 13.8. The normalized spacial score (nSPS) is 12.1. The number of nitrogens with zero attached hydrogens (tertiary/aromatic N) is 2. The average molecular weight is 261 g/mol. The first-order valence-corrected chi connectivity index (χ1v) is 5.89. The summed E-state index contributed by atoms with van der Waals surface area (Å²) in [6, 6.07) is 6.88. The molecule has 2 rings (SSSR count). The number of imidazole rings is 1. The summed E-state index contributed by atoms with van der Waals surface area (Å²) in [5.41, 5.74) is 1.71. The van der Waals surface area contributed by atoms with Crippen LogP contribution in [0.2, 0.25) is 0 Å². The molecule has 1 atom stereocenters. The number of fused-ring (bicyclic) bond motifs is 1. The number of esters is 1. The number of ether oxygens (including phenoxy) is 1. The van der Waals surface area contributed by atoms with Gasteiger partial charge in [-0.3, -0.25) is 4.79 Å². The summed E-state index contributed by atoms with van der Waals surface area (Å²) in [6.45, 7) is 1.69. The Balaban J connectivity index is 2.05. The fourth-order valence-corrected chi connectivity index (χ4v) is 1.81. The summed E-state index contributed by atoms with van der Waals surface area (Å²) < 4.78 is 6.28. The Bertz CT molecular complexity index is 606. The van der Waals surface area contributed by atoms with Gasteiger partial charge in [0.1, 0.15) is 12.6 Å². The van der Waals surface area contributed by atoms with Gasteiger partial charge in [-0.25, -0.2) is 9.78 Å². The molecule has 1 amide bonds. The van der Waals surface area contributed by atoms with Crippen LogP contribution in [0.1, 0.15) is 6.92 Å². The Morgan fingerprint density at radius 2 is 2.16 bits per heavy atom. The second-order valence-corrected chi connectivity index (χ2v) is 4.17. The molecule has 1 aromatic carbocycles. The summed E-state index contributed by atoms with van der Waals surface area (Å²) in [5.74, 6) is -0.732. The van der Waals surface area contributed by atoms with Crippen molar-refractivity contribution >= 4 is 22.9 Å². The van der Waals surface area contributed by atoms with Crippen LogP contribution in [-0.4, -0.2) is 34.6 Å². The number of hydrogen-bond donors (Lipinski definition) is 1. The van der Waals surface area contributed by atoms with E-state index < -0.39 is 12.0 Å². The summed E-state index contributed by atoms with van der Waals surface area (Å²) in [5, 5.41) is 2.57. The number of para-hydroxylation sites is 2. The van der Waals surface area contributed by atoms with E-state index in [0.717, 1.165) is 11.0 Å². The third kappa shape index (κ3) is 2.90. The molecule has 1 aromatic heterocycles. The lowest BCUT2D eigenvalue weighted by atomic mass is 10.3. The van der Waals surface area contributed by atoms with Crippen LogP contribution in [0, 0.1) is 0 Å². The number of carbonyl (C=O) groups excluding carboxylic acids is 2. The summed E-state index contributed by atoms with van der Waals surface area (Å²) >= 11 is 0. The zero-order valence-corrected chi connectivity index (χ0v) is 10.8. The molecule has 0 aliphatic heterocycles. The topological polar surface area (TPSA) is 73.2 Å². The maximum atomic E-state index is 11.8. The van der Waals surface area contributed by atoms with Gasteiger partial charge in [-0.2, -0.15) is 0 Å². The van der Waals surface area contributed by atoms with Gasteiger partial charge in [-0.15, -0.1) is 0 Å². The van der Waals surface area contributed by atoms with Gasteiger partial charge in [-0.1, -0.05) is 12.1 Å². The quantitative estimate of drug-likeness (QED) is 0.823. The molecular weight excluding hydrogens is 246 g/mol. The van der Waals surface area contributed by atoms with Crippen molar-refractivity contribution in [2.75, 3.05) is 7.11 Å². The van der Waals surface area contributed by atoms with Crippen LogP contribution in [-0.2, 0) is 20.9 Å². The molecular formula is C13H15N3O3. The summed E-state index contributed by atoms with van der Waals surface area (Å²) in [4.78, 5) is 27.2. The number of rotatable bonds is 4. The molecule has 0 saturated carbocycles. The van der Waals surface area contributed by atoms with Gasteiger partial charge in [0.25, 0.3) is 0 Å². The second kappa shape index (κ2) is 5.51. The highest BCUT2D eigenvalue weighted by molar-refractivity contribution is 5.85. The Labute approximate surface area is 110 Å². The average Bonchev–Trinajstić information content (AvgIpc) is 2.81. The molecule has 0 saturated heterocycles. The molecule has 0 aliphatic rings. The van der Waals surface area contributed by atoms with Gasteiger partial charge >= 0.3 is 5.97 Å². The largest absolute Gasteiger partial charge is 0.467 e. The number of aromatic nitrogens is 2. The smallest absolute Gasteiger partial charge is 0.328 e. The number of benzene rings is 1. The van der Waals surface area contributed by atoms with Crippen molar-refractivity contribution in [1.29, 1.82) is 0 Å². The lowest BCUT2D eigenvalue weighted by Gasteiger charge is -2.12. The van der Waals surface area contributed by atoms with E-state index in [9.17, 15) is 9.59 Å². The number of hydrogen-bond acceptors (Lipinski definition) is 4. The fourth-order valence-electron chi connectivity index (χ4n) is 1.81. The minimum absolute atomic E-state index is 0.113. The van der Waals surface area contributed by atoms with Crippen LogP contribution in [0.25, 0.3) is 11.0 Å². The van der Waals surface area contributed by atoms with E-state index in [4.69, 9.17) is 0 Å². The van der Waals surface area contributed by atoms with Gasteiger partial charge in [0.2, 0.25) is 5.91 Å². The van der Waals surface area contributed by atoms with Crippen molar-refractivity contribution < 1.29 is 14.3 Å². The molecule has 100 valence electrons. The Morgan fingerprint density at radius 1 is 1.42 bits per heavy atom. The monoisotopic (exact) mass is 261 g/mol. The van der Waals surface area contributed by atoms with Crippen LogP contribution in [0.5, 0.6) is 0 Å². The van der Waals surface area contributed by atoms with Gasteiger partial charge in [0.05, 0.1) is 24.5 Å². The van der Waals surface area contributed by atoms with Crippen LogP contribution < -0.4 is 5.32 Å². The molecule has 0 spiro atoms. The highest BCUT2D eigenvalue weighted by atomic mass is 16.5. The van der Waals surface area contributed by atoms with Crippen molar-refractivity contribution in [3.05, 3.63) is 30.6 Å². The minimum atomic E-state index is -0.660. The SMILES string of the molecule is COC(=O)[C@H](C)NC(=O)Cn1cnc2ccccc21. The Hall–Kier alpha value is -2.37. The number of amides is 1. The molecule has 2 aromatic rings. The number of carbonyl (C=O) groups is 2. The third-order valence-electron chi connectivity index (χ3n) is 2.77. The third-order valence-corrected chi connectivity index (χ3v) is 2.77. The maximum absolute atomic E-state index is 11.8. The lowest BCUT2D eigenvalue weighted by Crippen LogP contribution is -2.40. The van der Waals surface area contributed by atoms with Crippen LogP contribution in [0.4, 0.5) is 0 Å². The molecule has 0 unspecified atom stereocenters. The van der Waals surface area contributed by atoms with E-state index in [1.165, 1.54) is 7.11 Å². The predicted molar refractivity (Wildman–Crippen MR) is 69.4 cm³/mol. The van der Waals surface area contributed by atoms with E-state index in [-0.39, 0.29) is 12.5 Å². The van der Waals surface area contributed by atoms with Gasteiger partial charge < -0.3 is 14.6 Å². The van der Waals surface area contributed by atoms with Gasteiger partial charge in [0.15, 0.2) is 0 Å². The molecule has 1 heterocycles. The van der Waals surface area contributed by atoms with E-state index in [1.54, 1.807) is 17.8 Å². The van der Waals surface area contributed by atoms with E-state index >= 15 is 0 Å². The highest BCUT2D eigenvalue weighted by Gasteiger charge is 2.16. The standard InChI is InChI=1S/C13H15N3O3/c1-9(13(18)19-2)15-12(17)7-16-8-14-10-5-3-4-6-11(10)16/h3-6,8-9H,7H2,1-2H3,(H,15,17)/t9-/m0/s1. The van der Waals surface area contributed by atoms with E-state index in [0.29, 0.717) is 0 Å². The van der Waals surface area contributed by atoms with Crippen LogP contribution in [0.3, 0.4) is 0 Å².